The van der Waals surface area contributed by atoms with Crippen molar-refractivity contribution in [2.75, 3.05) is 6.54 Å². The Morgan fingerprint density at radius 2 is 2.33 bits per heavy atom. The topological polar surface area (TPSA) is 23.5 Å². The third kappa shape index (κ3) is 1.85. The van der Waals surface area contributed by atoms with Crippen molar-refractivity contribution in [2.45, 2.75) is 31.9 Å². The first-order chi connectivity index (χ1) is 4.20. The maximum atomic E-state index is 9.14. The van der Waals surface area contributed by atoms with Gasteiger partial charge in [-0.1, -0.05) is 12.8 Å². The van der Waals surface area contributed by atoms with Crippen molar-refractivity contribution in [1.82, 2.24) is 4.31 Å². The quantitative estimate of drug-likeness (QED) is 0.492. The van der Waals surface area contributed by atoms with Gasteiger partial charge in [0.05, 0.1) is 6.10 Å². The van der Waals surface area contributed by atoms with Gasteiger partial charge < -0.3 is 5.11 Å². The molecule has 1 aliphatic rings. The van der Waals surface area contributed by atoms with E-state index in [-0.39, 0.29) is 6.10 Å². The molecule has 1 heterocycles. The summed E-state index contributed by atoms with van der Waals surface area (Å²) in [5, 5.41) is 9.14. The fourth-order valence-corrected chi connectivity index (χ4v) is 1.34. The van der Waals surface area contributed by atoms with Crippen LogP contribution in [0.1, 0.15) is 19.8 Å². The number of piperidine rings is 1. The van der Waals surface area contributed by atoms with E-state index in [1.165, 1.54) is 0 Å². The molecule has 1 rings (SSSR count). The molecule has 1 aliphatic heterocycles. The van der Waals surface area contributed by atoms with Crippen LogP contribution in [0.15, 0.2) is 0 Å². The van der Waals surface area contributed by atoms with Gasteiger partial charge in [-0.05, 0) is 19.8 Å². The van der Waals surface area contributed by atoms with E-state index >= 15 is 0 Å². The van der Waals surface area contributed by atoms with Crippen molar-refractivity contribution >= 4 is 12.8 Å². The van der Waals surface area contributed by atoms with Gasteiger partial charge in [-0.3, -0.25) is 4.31 Å². The Balaban J connectivity index is 2.35. The third-order valence-corrected chi connectivity index (χ3v) is 2.41. The molecule has 1 fully saturated rings. The predicted molar refractivity (Wildman–Crippen MR) is 40.4 cm³/mol. The summed E-state index contributed by atoms with van der Waals surface area (Å²) in [6.45, 7) is 2.99. The SMILES string of the molecule is C[C@H]1C[C@@H](O)CCN1S. The summed E-state index contributed by atoms with van der Waals surface area (Å²) in [5.41, 5.74) is 0. The molecule has 3 heteroatoms. The molecule has 2 atom stereocenters. The highest BCUT2D eigenvalue weighted by molar-refractivity contribution is 7.77. The number of nitrogens with zero attached hydrogens (tertiary/aromatic N) is 1. The number of rotatable bonds is 0. The van der Waals surface area contributed by atoms with Gasteiger partial charge in [0.15, 0.2) is 0 Å². The van der Waals surface area contributed by atoms with Gasteiger partial charge in [0.2, 0.25) is 0 Å². The maximum Gasteiger partial charge on any atom is 0.0568 e. The molecule has 1 N–H and O–H groups in total. The van der Waals surface area contributed by atoms with E-state index < -0.39 is 0 Å². The zero-order valence-electron chi connectivity index (χ0n) is 5.62. The minimum absolute atomic E-state index is 0.0941. The van der Waals surface area contributed by atoms with E-state index in [1.807, 2.05) is 4.31 Å². The number of aliphatic hydroxyl groups excluding tert-OH is 1. The van der Waals surface area contributed by atoms with Gasteiger partial charge >= 0.3 is 0 Å². The first-order valence-electron chi connectivity index (χ1n) is 3.33. The molecular formula is C6H13NOS. The monoisotopic (exact) mass is 147 g/mol. The minimum atomic E-state index is -0.0941. The van der Waals surface area contributed by atoms with Crippen molar-refractivity contribution < 1.29 is 5.11 Å². The highest BCUT2D eigenvalue weighted by Gasteiger charge is 2.20. The fourth-order valence-electron chi connectivity index (χ4n) is 1.13. The highest BCUT2D eigenvalue weighted by Crippen LogP contribution is 2.17. The molecule has 0 bridgehead atoms. The molecule has 54 valence electrons. The van der Waals surface area contributed by atoms with Crippen LogP contribution < -0.4 is 0 Å². The molecule has 0 aromatic carbocycles. The molecular weight excluding hydrogens is 134 g/mol. The highest BCUT2D eigenvalue weighted by atomic mass is 32.1. The Morgan fingerprint density at radius 3 is 2.78 bits per heavy atom. The summed E-state index contributed by atoms with van der Waals surface area (Å²) in [7, 11) is 0. The Bertz CT molecular complexity index is 99.1. The zero-order chi connectivity index (χ0) is 6.85. The number of hydrogen-bond donors (Lipinski definition) is 2. The average molecular weight is 147 g/mol. The van der Waals surface area contributed by atoms with Crippen LogP contribution in [0.5, 0.6) is 0 Å². The van der Waals surface area contributed by atoms with E-state index in [9.17, 15) is 0 Å². The largest absolute Gasteiger partial charge is 0.393 e. The molecule has 0 aromatic heterocycles. The molecule has 0 aromatic rings. The first-order valence-corrected chi connectivity index (χ1v) is 3.73. The minimum Gasteiger partial charge on any atom is -0.393 e. The molecule has 0 saturated carbocycles. The van der Waals surface area contributed by atoms with E-state index in [1.54, 1.807) is 0 Å². The van der Waals surface area contributed by atoms with E-state index in [0.717, 1.165) is 19.4 Å². The van der Waals surface area contributed by atoms with Crippen molar-refractivity contribution in [3.63, 3.8) is 0 Å². The van der Waals surface area contributed by atoms with Gasteiger partial charge in [-0.15, -0.1) is 0 Å². The van der Waals surface area contributed by atoms with Crippen LogP contribution in [0, 0.1) is 0 Å². The van der Waals surface area contributed by atoms with Gasteiger partial charge in [-0.2, -0.15) is 0 Å². The normalized spacial score (nSPS) is 39.0. The van der Waals surface area contributed by atoms with E-state index in [0.29, 0.717) is 6.04 Å². The van der Waals surface area contributed by atoms with Crippen molar-refractivity contribution in [3.8, 4) is 0 Å². The van der Waals surface area contributed by atoms with E-state index in [2.05, 4.69) is 19.7 Å². The number of hydrogen-bond acceptors (Lipinski definition) is 3. The summed E-state index contributed by atoms with van der Waals surface area (Å²) in [6.07, 6.45) is 1.64. The van der Waals surface area contributed by atoms with Gasteiger partial charge in [0.25, 0.3) is 0 Å². The van der Waals surface area contributed by atoms with Crippen LogP contribution in [0.3, 0.4) is 0 Å². The smallest absolute Gasteiger partial charge is 0.0568 e. The Hall–Kier alpha value is 0.270. The van der Waals surface area contributed by atoms with Crippen LogP contribution >= 0.6 is 12.8 Å². The zero-order valence-corrected chi connectivity index (χ0v) is 6.51. The van der Waals surface area contributed by atoms with Crippen molar-refractivity contribution in [2.24, 2.45) is 0 Å². The molecule has 0 spiro atoms. The Labute approximate surface area is 61.4 Å². The Morgan fingerprint density at radius 1 is 1.67 bits per heavy atom. The summed E-state index contributed by atoms with van der Waals surface area (Å²) in [6, 6.07) is 0.428. The third-order valence-electron chi connectivity index (χ3n) is 1.81. The lowest BCUT2D eigenvalue weighted by Crippen LogP contribution is -2.36. The predicted octanol–water partition coefficient (Wildman–Crippen LogP) is 0.676. The molecule has 0 unspecified atom stereocenters. The first kappa shape index (κ1) is 7.38. The molecule has 0 amide bonds. The fraction of sp³-hybridized carbons (Fsp3) is 1.00. The second-order valence-corrected chi connectivity index (χ2v) is 3.20. The standard InChI is InChI=1S/C6H13NOS/c1-5-4-6(8)2-3-7(5)9/h5-6,8-9H,2-4H2,1H3/t5-,6-/m0/s1. The Kier molecular flexibility index (Phi) is 2.38. The van der Waals surface area contributed by atoms with Crippen LogP contribution in [0.4, 0.5) is 0 Å². The van der Waals surface area contributed by atoms with Gasteiger partial charge in [0, 0.05) is 12.6 Å². The molecule has 0 aliphatic carbocycles. The molecule has 1 saturated heterocycles. The summed E-state index contributed by atoms with van der Waals surface area (Å²) in [4.78, 5) is 0. The molecule has 9 heavy (non-hydrogen) atoms. The van der Waals surface area contributed by atoms with Crippen molar-refractivity contribution in [1.29, 1.82) is 0 Å². The number of thiol groups is 1. The molecule has 0 radical (unpaired) electrons. The van der Waals surface area contributed by atoms with Crippen LogP contribution in [-0.4, -0.2) is 28.1 Å². The van der Waals surface area contributed by atoms with Gasteiger partial charge in [0.1, 0.15) is 0 Å². The lowest BCUT2D eigenvalue weighted by Gasteiger charge is -2.31. The van der Waals surface area contributed by atoms with Crippen molar-refractivity contribution in [3.05, 3.63) is 0 Å². The van der Waals surface area contributed by atoms with Gasteiger partial charge in [-0.25, -0.2) is 0 Å². The van der Waals surface area contributed by atoms with E-state index in [4.69, 9.17) is 5.11 Å². The van der Waals surface area contributed by atoms with Crippen LogP contribution in [0.25, 0.3) is 0 Å². The lowest BCUT2D eigenvalue weighted by atomic mass is 10.0. The average Bonchev–Trinajstić information content (AvgIpc) is 1.80. The lowest BCUT2D eigenvalue weighted by molar-refractivity contribution is 0.0918. The number of aliphatic hydroxyl groups is 1. The van der Waals surface area contributed by atoms with Crippen LogP contribution in [0.2, 0.25) is 0 Å². The van der Waals surface area contributed by atoms with Crippen LogP contribution in [-0.2, 0) is 0 Å². The second-order valence-electron chi connectivity index (χ2n) is 2.69. The second kappa shape index (κ2) is 2.90. The maximum absolute atomic E-state index is 9.14. The summed E-state index contributed by atoms with van der Waals surface area (Å²) >= 11 is 4.22. The summed E-state index contributed by atoms with van der Waals surface area (Å²) < 4.78 is 1.98. The summed E-state index contributed by atoms with van der Waals surface area (Å²) in [5.74, 6) is 0. The molecule has 2 nitrogen and oxygen atoms in total.